The number of hydrogen-bond donors (Lipinski definition) is 0. The van der Waals surface area contributed by atoms with E-state index in [0.717, 1.165) is 24.6 Å². The zero-order valence-corrected chi connectivity index (χ0v) is 15.8. The van der Waals surface area contributed by atoms with Crippen molar-refractivity contribution < 1.29 is 9.53 Å². The van der Waals surface area contributed by atoms with E-state index in [4.69, 9.17) is 4.74 Å². The molecule has 132 valence electrons. The Labute approximate surface area is 150 Å². The maximum Gasteiger partial charge on any atom is 0.433 e. The van der Waals surface area contributed by atoms with Gasteiger partial charge in [-0.1, -0.05) is 53.7 Å². The van der Waals surface area contributed by atoms with Crippen molar-refractivity contribution in [1.82, 2.24) is 9.36 Å². The van der Waals surface area contributed by atoms with Crippen LogP contribution >= 0.6 is 15.9 Å². The van der Waals surface area contributed by atoms with Crippen molar-refractivity contribution in [2.45, 2.75) is 52.0 Å². The highest BCUT2D eigenvalue weighted by Gasteiger charge is 2.18. The predicted molar refractivity (Wildman–Crippen MR) is 100 cm³/mol. The summed E-state index contributed by atoms with van der Waals surface area (Å²) < 4.78 is 8.02. The van der Waals surface area contributed by atoms with Gasteiger partial charge in [-0.25, -0.2) is 9.48 Å². The highest BCUT2D eigenvalue weighted by Crippen LogP contribution is 2.13. The molecule has 0 saturated heterocycles. The maximum absolute atomic E-state index is 12.6. The molecule has 0 atom stereocenters. The maximum atomic E-state index is 12.6. The van der Waals surface area contributed by atoms with E-state index in [0.29, 0.717) is 17.4 Å². The third kappa shape index (κ3) is 4.50. The van der Waals surface area contributed by atoms with E-state index in [9.17, 15) is 9.59 Å². The standard InChI is InChI=1S/C18H25BrN2O3/c1-2-24-18(23)21-16-12-8-7-11-15(16)17(22)20(21)14-10-6-4-3-5-9-13-19/h7-8,11-12H,2-6,9-10,13-14H2,1H3. The summed E-state index contributed by atoms with van der Waals surface area (Å²) in [5.74, 6) is 0. The van der Waals surface area contributed by atoms with E-state index >= 15 is 0 Å². The van der Waals surface area contributed by atoms with Crippen LogP contribution in [0.5, 0.6) is 0 Å². The molecule has 2 aromatic rings. The molecule has 0 saturated carbocycles. The van der Waals surface area contributed by atoms with Gasteiger partial charge in [0.2, 0.25) is 0 Å². The Kier molecular flexibility index (Phi) is 7.56. The Hall–Kier alpha value is -1.56. The number of para-hydroxylation sites is 1. The first kappa shape index (κ1) is 18.8. The van der Waals surface area contributed by atoms with E-state index < -0.39 is 6.09 Å². The van der Waals surface area contributed by atoms with E-state index in [-0.39, 0.29) is 12.2 Å². The van der Waals surface area contributed by atoms with Crippen molar-refractivity contribution in [3.05, 3.63) is 34.6 Å². The SMILES string of the molecule is CCOC(=O)n1c2ccccc2c(=O)n1CCCCCCCCBr. The first-order valence-electron chi connectivity index (χ1n) is 8.64. The Morgan fingerprint density at radius 1 is 1.08 bits per heavy atom. The number of aromatic nitrogens is 2. The topological polar surface area (TPSA) is 53.2 Å². The number of hydrogen-bond acceptors (Lipinski definition) is 3. The normalized spacial score (nSPS) is 11.1. The van der Waals surface area contributed by atoms with Crippen LogP contribution in [0.15, 0.2) is 29.1 Å². The highest BCUT2D eigenvalue weighted by molar-refractivity contribution is 9.09. The number of rotatable bonds is 9. The number of carbonyl (C=O) groups excluding carboxylic acids is 1. The fourth-order valence-electron chi connectivity index (χ4n) is 2.85. The molecular weight excluding hydrogens is 372 g/mol. The Balaban J connectivity index is 2.10. The number of ether oxygens (including phenoxy) is 1. The molecule has 0 unspecified atom stereocenters. The lowest BCUT2D eigenvalue weighted by Gasteiger charge is -2.11. The van der Waals surface area contributed by atoms with Gasteiger partial charge >= 0.3 is 6.09 Å². The van der Waals surface area contributed by atoms with Gasteiger partial charge < -0.3 is 4.74 Å². The van der Waals surface area contributed by atoms with Crippen molar-refractivity contribution in [2.75, 3.05) is 11.9 Å². The van der Waals surface area contributed by atoms with E-state index in [1.807, 2.05) is 12.1 Å². The molecular formula is C18H25BrN2O3. The zero-order chi connectivity index (χ0) is 17.4. The lowest BCUT2D eigenvalue weighted by molar-refractivity contribution is 0.146. The van der Waals surface area contributed by atoms with Gasteiger partial charge in [0.15, 0.2) is 0 Å². The summed E-state index contributed by atoms with van der Waals surface area (Å²) in [5.41, 5.74) is 0.483. The fourth-order valence-corrected chi connectivity index (χ4v) is 3.24. The number of unbranched alkanes of at least 4 members (excludes halogenated alkanes) is 5. The molecule has 2 rings (SSSR count). The minimum Gasteiger partial charge on any atom is -0.448 e. The van der Waals surface area contributed by atoms with Crippen LogP contribution in [0, 0.1) is 0 Å². The van der Waals surface area contributed by atoms with Crippen LogP contribution in [0.4, 0.5) is 4.79 Å². The summed E-state index contributed by atoms with van der Waals surface area (Å²) in [6, 6.07) is 7.17. The van der Waals surface area contributed by atoms with Gasteiger partial charge in [-0.2, -0.15) is 4.68 Å². The fraction of sp³-hybridized carbons (Fsp3) is 0.556. The summed E-state index contributed by atoms with van der Waals surface area (Å²) in [7, 11) is 0. The molecule has 24 heavy (non-hydrogen) atoms. The molecule has 0 aliphatic rings. The zero-order valence-electron chi connectivity index (χ0n) is 14.2. The summed E-state index contributed by atoms with van der Waals surface area (Å²) in [6.45, 7) is 2.58. The van der Waals surface area contributed by atoms with Crippen molar-refractivity contribution in [1.29, 1.82) is 0 Å². The summed E-state index contributed by atoms with van der Waals surface area (Å²) in [6.07, 6.45) is 6.24. The smallest absolute Gasteiger partial charge is 0.433 e. The second kappa shape index (κ2) is 9.67. The van der Waals surface area contributed by atoms with Crippen molar-refractivity contribution in [3.63, 3.8) is 0 Å². The van der Waals surface area contributed by atoms with Crippen LogP contribution in [0.2, 0.25) is 0 Å². The number of nitrogens with zero attached hydrogens (tertiary/aromatic N) is 2. The second-order valence-electron chi connectivity index (χ2n) is 5.77. The lowest BCUT2D eigenvalue weighted by atomic mass is 10.1. The van der Waals surface area contributed by atoms with Gasteiger partial charge in [-0.05, 0) is 31.9 Å². The van der Waals surface area contributed by atoms with Gasteiger partial charge in [0, 0.05) is 11.9 Å². The van der Waals surface area contributed by atoms with Crippen molar-refractivity contribution in [3.8, 4) is 0 Å². The molecule has 0 aliphatic carbocycles. The number of halogens is 1. The number of alkyl halides is 1. The van der Waals surface area contributed by atoms with Crippen LogP contribution in [0.25, 0.3) is 10.9 Å². The van der Waals surface area contributed by atoms with Crippen molar-refractivity contribution >= 4 is 32.9 Å². The molecule has 6 heteroatoms. The van der Waals surface area contributed by atoms with Crippen LogP contribution < -0.4 is 5.56 Å². The van der Waals surface area contributed by atoms with E-state index in [1.54, 1.807) is 19.1 Å². The molecule has 1 aromatic carbocycles. The van der Waals surface area contributed by atoms with Crippen LogP contribution in [-0.4, -0.2) is 27.4 Å². The van der Waals surface area contributed by atoms with Gasteiger partial charge in [0.25, 0.3) is 5.56 Å². The number of fused-ring (bicyclic) bond motifs is 1. The molecule has 0 spiro atoms. The quantitative estimate of drug-likeness (QED) is 0.461. The predicted octanol–water partition coefficient (Wildman–Crippen LogP) is 4.54. The monoisotopic (exact) mass is 396 g/mol. The molecule has 5 nitrogen and oxygen atoms in total. The third-order valence-electron chi connectivity index (χ3n) is 4.03. The second-order valence-corrected chi connectivity index (χ2v) is 6.56. The van der Waals surface area contributed by atoms with Crippen molar-refractivity contribution in [2.24, 2.45) is 0 Å². The Morgan fingerprint density at radius 2 is 1.75 bits per heavy atom. The molecule has 0 radical (unpaired) electrons. The average Bonchev–Trinajstić information content (AvgIpc) is 2.87. The number of benzene rings is 1. The van der Waals surface area contributed by atoms with Gasteiger partial charge in [-0.15, -0.1) is 0 Å². The van der Waals surface area contributed by atoms with E-state index in [2.05, 4.69) is 15.9 Å². The minimum atomic E-state index is -0.492. The molecule has 0 N–H and O–H groups in total. The molecule has 0 aliphatic heterocycles. The molecule has 1 heterocycles. The average molecular weight is 397 g/mol. The largest absolute Gasteiger partial charge is 0.448 e. The van der Waals surface area contributed by atoms with Crippen LogP contribution in [0.3, 0.4) is 0 Å². The molecule has 0 amide bonds. The first-order chi connectivity index (χ1) is 11.7. The summed E-state index contributed by atoms with van der Waals surface area (Å²) >= 11 is 3.44. The minimum absolute atomic E-state index is 0.127. The third-order valence-corrected chi connectivity index (χ3v) is 4.59. The molecule has 0 fully saturated rings. The van der Waals surface area contributed by atoms with Gasteiger partial charge in [-0.3, -0.25) is 4.79 Å². The Morgan fingerprint density at radius 3 is 2.46 bits per heavy atom. The van der Waals surface area contributed by atoms with Gasteiger partial charge in [0.1, 0.15) is 0 Å². The van der Waals surface area contributed by atoms with E-state index in [1.165, 1.54) is 28.6 Å². The lowest BCUT2D eigenvalue weighted by Crippen LogP contribution is -2.28. The first-order valence-corrected chi connectivity index (χ1v) is 9.76. The Bertz CT molecular complexity index is 721. The van der Waals surface area contributed by atoms with Crippen LogP contribution in [0.1, 0.15) is 45.4 Å². The highest BCUT2D eigenvalue weighted by atomic mass is 79.9. The number of carbonyl (C=O) groups is 1. The molecule has 1 aromatic heterocycles. The summed E-state index contributed by atoms with van der Waals surface area (Å²) in [4.78, 5) is 24.9. The van der Waals surface area contributed by atoms with Crippen LogP contribution in [-0.2, 0) is 11.3 Å². The molecule has 0 bridgehead atoms. The van der Waals surface area contributed by atoms with Gasteiger partial charge in [0.05, 0.1) is 17.5 Å². The summed E-state index contributed by atoms with van der Waals surface area (Å²) in [5, 5.41) is 1.62.